The van der Waals surface area contributed by atoms with Gasteiger partial charge in [0.05, 0.1) is 0 Å². The summed E-state index contributed by atoms with van der Waals surface area (Å²) in [6.45, 7) is 4.55. The van der Waals surface area contributed by atoms with E-state index in [1.165, 1.54) is 134 Å². The molecule has 0 radical (unpaired) electrons. The van der Waals surface area contributed by atoms with Crippen LogP contribution in [0.1, 0.15) is 196 Å². The number of rotatable bonds is 11. The molecule has 2 heterocycles. The number of unbranched alkanes of at least 4 members (excludes halogenated alkanes) is 3. The predicted molar refractivity (Wildman–Crippen MR) is 202 cm³/mol. The highest BCUT2D eigenvalue weighted by molar-refractivity contribution is 5.21. The van der Waals surface area contributed by atoms with Crippen molar-refractivity contribution in [2.75, 3.05) is 0 Å². The lowest BCUT2D eigenvalue weighted by Crippen LogP contribution is -2.25. The van der Waals surface area contributed by atoms with Crippen LogP contribution in [-0.4, -0.2) is 9.97 Å². The zero-order valence-electron chi connectivity index (χ0n) is 32.5. The van der Waals surface area contributed by atoms with Gasteiger partial charge in [0.25, 0.3) is 0 Å². The SMILES string of the molecule is CCCCC1CCC(C2CCC(c3ccc(C(F)(F)F)nc3)CC2)CC1.CCCCCC1CCC(C2CCC(c3ccc(C(F)(F)F)nc3)CC2)CC1. The molecule has 8 heteroatoms. The molecule has 0 saturated heterocycles. The Morgan fingerprint density at radius 1 is 0.453 bits per heavy atom. The molecule has 0 spiro atoms. The van der Waals surface area contributed by atoms with Crippen molar-refractivity contribution in [2.45, 2.75) is 186 Å². The van der Waals surface area contributed by atoms with Crippen LogP contribution in [0.3, 0.4) is 0 Å². The molecule has 2 nitrogen and oxygen atoms in total. The van der Waals surface area contributed by atoms with Crippen molar-refractivity contribution in [1.82, 2.24) is 9.97 Å². The third kappa shape index (κ3) is 12.7. The van der Waals surface area contributed by atoms with Crippen molar-refractivity contribution in [1.29, 1.82) is 0 Å². The van der Waals surface area contributed by atoms with Crippen LogP contribution in [0.25, 0.3) is 0 Å². The molecule has 0 aromatic carbocycles. The molecule has 298 valence electrons. The molecular formula is C45H66F6N2. The number of nitrogens with zero attached hydrogens (tertiary/aromatic N) is 2. The molecule has 4 fully saturated rings. The van der Waals surface area contributed by atoms with E-state index in [0.717, 1.165) is 84.5 Å². The summed E-state index contributed by atoms with van der Waals surface area (Å²) in [5, 5.41) is 0. The first kappa shape index (κ1) is 42.0. The monoisotopic (exact) mass is 749 g/mol. The van der Waals surface area contributed by atoms with Gasteiger partial charge in [0.1, 0.15) is 11.4 Å². The van der Waals surface area contributed by atoms with E-state index in [9.17, 15) is 26.3 Å². The molecule has 0 bridgehead atoms. The molecular weight excluding hydrogens is 682 g/mol. The molecule has 0 atom stereocenters. The van der Waals surface area contributed by atoms with Gasteiger partial charge in [-0.05, 0) is 148 Å². The van der Waals surface area contributed by atoms with Crippen LogP contribution in [0, 0.1) is 35.5 Å². The fourth-order valence-electron chi connectivity index (χ4n) is 10.5. The molecule has 4 aliphatic rings. The molecule has 0 unspecified atom stereocenters. The summed E-state index contributed by atoms with van der Waals surface area (Å²) in [5.41, 5.74) is 0.409. The molecule has 2 aromatic heterocycles. The largest absolute Gasteiger partial charge is 0.433 e. The van der Waals surface area contributed by atoms with Crippen LogP contribution in [0.5, 0.6) is 0 Å². The Labute approximate surface area is 316 Å². The van der Waals surface area contributed by atoms with Crippen LogP contribution in [0.4, 0.5) is 26.3 Å². The van der Waals surface area contributed by atoms with Gasteiger partial charge in [0.15, 0.2) is 0 Å². The predicted octanol–water partition coefficient (Wildman–Crippen LogP) is 15.1. The molecule has 4 aliphatic carbocycles. The molecule has 0 N–H and O–H groups in total. The fraction of sp³-hybridized carbons (Fsp3) is 0.778. The topological polar surface area (TPSA) is 25.8 Å². The quantitative estimate of drug-likeness (QED) is 0.169. The van der Waals surface area contributed by atoms with Crippen molar-refractivity contribution < 1.29 is 26.3 Å². The molecule has 4 saturated carbocycles. The van der Waals surface area contributed by atoms with Crippen LogP contribution in [0.15, 0.2) is 36.7 Å². The van der Waals surface area contributed by atoms with E-state index in [0.29, 0.717) is 11.8 Å². The lowest BCUT2D eigenvalue weighted by Gasteiger charge is -2.38. The highest BCUT2D eigenvalue weighted by Gasteiger charge is 2.36. The summed E-state index contributed by atoms with van der Waals surface area (Å²) in [6, 6.07) is 5.56. The van der Waals surface area contributed by atoms with E-state index in [1.54, 1.807) is 12.1 Å². The van der Waals surface area contributed by atoms with Gasteiger partial charge in [0.2, 0.25) is 0 Å². The van der Waals surface area contributed by atoms with Crippen LogP contribution in [0.2, 0.25) is 0 Å². The zero-order chi connectivity index (χ0) is 37.8. The van der Waals surface area contributed by atoms with E-state index < -0.39 is 23.7 Å². The lowest BCUT2D eigenvalue weighted by atomic mass is 9.68. The number of hydrogen-bond donors (Lipinski definition) is 0. The zero-order valence-corrected chi connectivity index (χ0v) is 32.5. The number of halogens is 6. The fourth-order valence-corrected chi connectivity index (χ4v) is 10.5. The van der Waals surface area contributed by atoms with Crippen LogP contribution >= 0.6 is 0 Å². The Hall–Kier alpha value is -2.12. The normalized spacial score (nSPS) is 30.0. The van der Waals surface area contributed by atoms with Crippen LogP contribution < -0.4 is 0 Å². The maximum atomic E-state index is 12.7. The highest BCUT2D eigenvalue weighted by atomic mass is 19.4. The van der Waals surface area contributed by atoms with Gasteiger partial charge in [-0.25, -0.2) is 0 Å². The Bertz CT molecular complexity index is 1290. The molecule has 53 heavy (non-hydrogen) atoms. The first-order valence-corrected chi connectivity index (χ1v) is 21.5. The average Bonchev–Trinajstić information content (AvgIpc) is 3.17. The summed E-state index contributed by atoms with van der Waals surface area (Å²) in [5.74, 6) is 6.14. The van der Waals surface area contributed by atoms with E-state index in [4.69, 9.17) is 0 Å². The van der Waals surface area contributed by atoms with E-state index in [1.807, 2.05) is 0 Å². The first-order valence-electron chi connectivity index (χ1n) is 21.5. The van der Waals surface area contributed by atoms with E-state index >= 15 is 0 Å². The van der Waals surface area contributed by atoms with Gasteiger partial charge in [-0.15, -0.1) is 0 Å². The minimum Gasteiger partial charge on any atom is -0.251 e. The number of pyridine rings is 2. The Kier molecular flexibility index (Phi) is 16.0. The standard InChI is InChI=1S/C23H34F3N.C22H32F3N/c1-2-3-4-5-17-6-8-18(9-7-17)19-10-12-20(13-11-19)21-14-15-22(27-16-21)23(24,25)26;1-2-3-4-16-5-7-17(8-6-16)18-9-11-19(12-10-18)20-13-14-21(26-15-20)22(23,24)25/h14-20H,2-13H2,1H3;13-19H,2-12H2,1H3. The van der Waals surface area contributed by atoms with Gasteiger partial charge < -0.3 is 0 Å². The Balaban J connectivity index is 0.000000204. The minimum absolute atomic E-state index is 0.390. The molecule has 0 amide bonds. The maximum absolute atomic E-state index is 12.7. The van der Waals surface area contributed by atoms with Gasteiger partial charge in [-0.1, -0.05) is 96.6 Å². The Morgan fingerprint density at radius 2 is 0.792 bits per heavy atom. The van der Waals surface area contributed by atoms with Gasteiger partial charge in [-0.2, -0.15) is 26.3 Å². The van der Waals surface area contributed by atoms with Gasteiger partial charge in [0, 0.05) is 12.4 Å². The first-order chi connectivity index (χ1) is 25.4. The van der Waals surface area contributed by atoms with Crippen molar-refractivity contribution in [3.8, 4) is 0 Å². The average molecular weight is 749 g/mol. The lowest BCUT2D eigenvalue weighted by molar-refractivity contribution is -0.142. The summed E-state index contributed by atoms with van der Waals surface area (Å²) in [7, 11) is 0. The van der Waals surface area contributed by atoms with Crippen molar-refractivity contribution in [2.24, 2.45) is 35.5 Å². The van der Waals surface area contributed by atoms with Crippen molar-refractivity contribution in [3.63, 3.8) is 0 Å². The highest BCUT2D eigenvalue weighted by Crippen LogP contribution is 2.46. The smallest absolute Gasteiger partial charge is 0.251 e. The molecule has 6 rings (SSSR count). The number of alkyl halides is 6. The summed E-state index contributed by atoms with van der Waals surface area (Å²) in [4.78, 5) is 7.29. The van der Waals surface area contributed by atoms with Crippen molar-refractivity contribution in [3.05, 3.63) is 59.2 Å². The van der Waals surface area contributed by atoms with E-state index in [2.05, 4.69) is 23.8 Å². The summed E-state index contributed by atoms with van der Waals surface area (Å²) < 4.78 is 76.0. The van der Waals surface area contributed by atoms with Gasteiger partial charge >= 0.3 is 12.4 Å². The third-order valence-corrected chi connectivity index (χ3v) is 13.9. The van der Waals surface area contributed by atoms with Crippen molar-refractivity contribution >= 4 is 0 Å². The van der Waals surface area contributed by atoms with Crippen LogP contribution in [-0.2, 0) is 12.4 Å². The van der Waals surface area contributed by atoms with E-state index in [-0.39, 0.29) is 0 Å². The summed E-state index contributed by atoms with van der Waals surface area (Å²) >= 11 is 0. The third-order valence-electron chi connectivity index (χ3n) is 13.9. The molecule has 2 aromatic rings. The second kappa shape index (κ2) is 20.2. The second-order valence-electron chi connectivity index (χ2n) is 17.4. The molecule has 0 aliphatic heterocycles. The number of hydrogen-bond acceptors (Lipinski definition) is 2. The second-order valence-corrected chi connectivity index (χ2v) is 17.4. The Morgan fingerprint density at radius 3 is 1.09 bits per heavy atom. The maximum Gasteiger partial charge on any atom is 0.433 e. The number of aromatic nitrogens is 2. The minimum atomic E-state index is -4.34. The van der Waals surface area contributed by atoms with Gasteiger partial charge in [-0.3, -0.25) is 9.97 Å². The summed E-state index contributed by atoms with van der Waals surface area (Å²) in [6.07, 6.45) is 24.4.